The Balaban J connectivity index is 2.16. The highest BCUT2D eigenvalue weighted by atomic mass is 127. The molecular formula is C19H31IN2O7Si. The van der Waals surface area contributed by atoms with Gasteiger partial charge in [-0.25, -0.2) is 4.79 Å². The maximum atomic E-state index is 12.9. The van der Waals surface area contributed by atoms with Gasteiger partial charge in [0.1, 0.15) is 18.3 Å². The average Bonchev–Trinajstić information content (AvgIpc) is 3.03. The summed E-state index contributed by atoms with van der Waals surface area (Å²) in [5.41, 5.74) is -2.53. The van der Waals surface area contributed by atoms with Gasteiger partial charge in [-0.2, -0.15) is 0 Å². The van der Waals surface area contributed by atoms with Gasteiger partial charge in [0.05, 0.1) is 16.9 Å². The molecule has 0 unspecified atom stereocenters. The molecule has 11 heteroatoms. The lowest BCUT2D eigenvalue weighted by Gasteiger charge is -2.42. The molecule has 3 rings (SSSR count). The van der Waals surface area contributed by atoms with Crippen LogP contribution < -0.4 is 11.2 Å². The van der Waals surface area contributed by atoms with E-state index in [1.54, 1.807) is 13.8 Å². The van der Waals surface area contributed by atoms with Crippen LogP contribution in [0.2, 0.25) is 18.1 Å². The zero-order valence-electron chi connectivity index (χ0n) is 18.4. The first-order chi connectivity index (χ1) is 13.6. The number of rotatable bonds is 5. The quantitative estimate of drug-likeness (QED) is 0.324. The van der Waals surface area contributed by atoms with E-state index >= 15 is 0 Å². The lowest BCUT2D eigenvalue weighted by atomic mass is 10.0. The minimum atomic E-state index is -2.24. The van der Waals surface area contributed by atoms with Crippen LogP contribution in [0.25, 0.3) is 0 Å². The minimum Gasteiger partial charge on any atom is -0.412 e. The molecule has 3 heterocycles. The summed E-state index contributed by atoms with van der Waals surface area (Å²) in [4.78, 5) is 27.1. The van der Waals surface area contributed by atoms with Crippen LogP contribution in [0.1, 0.15) is 34.6 Å². The van der Waals surface area contributed by atoms with E-state index in [-0.39, 0.29) is 18.3 Å². The number of aliphatic hydroxyl groups excluding tert-OH is 1. The van der Waals surface area contributed by atoms with E-state index in [1.165, 1.54) is 10.6 Å². The molecule has 0 bridgehead atoms. The Bertz CT molecular complexity index is 923. The fraction of sp³-hybridized carbons (Fsp3) is 0.789. The number of H-pyrrole nitrogens is 1. The summed E-state index contributed by atoms with van der Waals surface area (Å²) in [6.45, 7) is 13.8. The maximum Gasteiger partial charge on any atom is 0.331 e. The van der Waals surface area contributed by atoms with Gasteiger partial charge < -0.3 is 23.7 Å². The number of nitrogens with zero attached hydrogens (tertiary/aromatic N) is 1. The number of hydrogen-bond acceptors (Lipinski definition) is 7. The Hall–Kier alpha value is -0.573. The number of aromatic nitrogens is 2. The summed E-state index contributed by atoms with van der Waals surface area (Å²) in [6.07, 6.45) is -2.02. The van der Waals surface area contributed by atoms with Crippen molar-refractivity contribution >= 4 is 30.9 Å². The van der Waals surface area contributed by atoms with Crippen LogP contribution in [0.5, 0.6) is 0 Å². The first-order valence-electron chi connectivity index (χ1n) is 9.94. The van der Waals surface area contributed by atoms with E-state index < -0.39 is 49.4 Å². The first-order valence-corrected chi connectivity index (χ1v) is 13.9. The second-order valence-electron chi connectivity index (χ2n) is 9.85. The van der Waals surface area contributed by atoms with Gasteiger partial charge in [0.15, 0.2) is 14.1 Å². The van der Waals surface area contributed by atoms with Gasteiger partial charge in [0.25, 0.3) is 5.56 Å². The molecule has 0 amide bonds. The molecule has 0 aromatic carbocycles. The number of halogens is 1. The average molecular weight is 554 g/mol. The molecule has 170 valence electrons. The van der Waals surface area contributed by atoms with Crippen LogP contribution in [0.15, 0.2) is 15.7 Å². The van der Waals surface area contributed by atoms with E-state index in [4.69, 9.17) is 18.6 Å². The molecule has 0 saturated carbocycles. The molecular weight excluding hydrogens is 523 g/mol. The zero-order chi connectivity index (χ0) is 22.7. The van der Waals surface area contributed by atoms with Gasteiger partial charge in [0, 0.05) is 6.07 Å². The summed E-state index contributed by atoms with van der Waals surface area (Å²) in [6, 6.07) is 1.32. The third kappa shape index (κ3) is 4.09. The number of hydrogen-bond donors (Lipinski definition) is 2. The van der Waals surface area contributed by atoms with Crippen molar-refractivity contribution in [3.8, 4) is 0 Å². The Morgan fingerprint density at radius 1 is 1.27 bits per heavy atom. The molecule has 30 heavy (non-hydrogen) atoms. The molecule has 0 aliphatic carbocycles. The molecule has 2 N–H and O–H groups in total. The number of fused-ring (bicyclic) bond motifs is 1. The molecule has 1 aromatic heterocycles. The molecule has 2 aliphatic heterocycles. The fourth-order valence-electron chi connectivity index (χ4n) is 3.63. The summed E-state index contributed by atoms with van der Waals surface area (Å²) >= 11 is 1.93. The third-order valence-corrected chi connectivity index (χ3v) is 11.5. The zero-order valence-corrected chi connectivity index (χ0v) is 21.6. The number of ether oxygens (including phenoxy) is 3. The van der Waals surface area contributed by atoms with Gasteiger partial charge in [-0.15, -0.1) is 0 Å². The molecule has 9 nitrogen and oxygen atoms in total. The molecule has 2 saturated heterocycles. The van der Waals surface area contributed by atoms with E-state index in [9.17, 15) is 14.7 Å². The highest BCUT2D eigenvalue weighted by molar-refractivity contribution is 14.1. The lowest BCUT2D eigenvalue weighted by Crippen LogP contribution is -2.57. The number of aliphatic hydroxyl groups is 1. The van der Waals surface area contributed by atoms with Crippen LogP contribution in [-0.2, 0) is 24.4 Å². The molecule has 2 fully saturated rings. The summed E-state index contributed by atoms with van der Waals surface area (Å²) < 4.78 is 26.7. The van der Waals surface area contributed by atoms with Crippen LogP contribution in [0.3, 0.4) is 0 Å². The van der Waals surface area contributed by atoms with Gasteiger partial charge in [0.2, 0.25) is 5.72 Å². The first kappa shape index (κ1) is 24.1. The van der Waals surface area contributed by atoms with E-state index in [2.05, 4.69) is 38.8 Å². The predicted octanol–water partition coefficient (Wildman–Crippen LogP) is 1.73. The standard InChI is InChI=1S/C19H31IN2O7Si/c1-17(2,3)30(6,7)26-10-19(22-12(20)8-13(24)21-16(22)25)15-14(11(9-23)27-19)28-18(4,5)29-15/h8,11,14-15,23H,9-10H2,1-7H3,(H,21,24,25)/t11-,14-,15-,19+/m1/s1. The van der Waals surface area contributed by atoms with Crippen molar-refractivity contribution in [3.05, 3.63) is 30.6 Å². The number of nitrogens with one attached hydrogen (secondary N) is 1. The van der Waals surface area contributed by atoms with Crippen molar-refractivity contribution in [1.82, 2.24) is 9.55 Å². The molecule has 1 aromatic rings. The summed E-state index contributed by atoms with van der Waals surface area (Å²) in [5, 5.41) is 9.89. The maximum absolute atomic E-state index is 12.9. The second-order valence-corrected chi connectivity index (χ2v) is 15.8. The summed E-state index contributed by atoms with van der Waals surface area (Å²) in [5.74, 6) is -0.925. The van der Waals surface area contributed by atoms with Crippen molar-refractivity contribution in [2.45, 2.75) is 82.6 Å². The Kier molecular flexibility index (Phi) is 6.24. The van der Waals surface area contributed by atoms with Crippen molar-refractivity contribution in [1.29, 1.82) is 0 Å². The van der Waals surface area contributed by atoms with Crippen molar-refractivity contribution in [3.63, 3.8) is 0 Å². The Morgan fingerprint density at radius 2 is 1.90 bits per heavy atom. The van der Waals surface area contributed by atoms with E-state index in [0.717, 1.165) is 0 Å². The molecule has 0 spiro atoms. The smallest absolute Gasteiger partial charge is 0.331 e. The van der Waals surface area contributed by atoms with Gasteiger partial charge >= 0.3 is 5.69 Å². The molecule has 0 radical (unpaired) electrons. The predicted molar refractivity (Wildman–Crippen MR) is 121 cm³/mol. The van der Waals surface area contributed by atoms with Crippen LogP contribution in [-0.4, -0.2) is 60.3 Å². The monoisotopic (exact) mass is 554 g/mol. The Morgan fingerprint density at radius 3 is 2.43 bits per heavy atom. The van der Waals surface area contributed by atoms with Gasteiger partial charge in [-0.3, -0.25) is 14.3 Å². The minimum absolute atomic E-state index is 0.0164. The summed E-state index contributed by atoms with van der Waals surface area (Å²) in [7, 11) is -2.24. The highest BCUT2D eigenvalue weighted by Crippen LogP contribution is 2.48. The Labute approximate surface area is 190 Å². The molecule has 4 atom stereocenters. The molecule has 2 aliphatic rings. The second kappa shape index (κ2) is 7.78. The van der Waals surface area contributed by atoms with Crippen LogP contribution in [0.4, 0.5) is 0 Å². The SMILES string of the molecule is CC1(C)O[C@H]2[C@@H](O1)[C@@](CO[Si](C)(C)C(C)(C)C)(n1c(I)cc(=O)[nH]c1=O)O[C@@H]2CO. The van der Waals surface area contributed by atoms with Crippen LogP contribution in [0, 0.1) is 3.70 Å². The van der Waals surface area contributed by atoms with E-state index in [1.807, 2.05) is 22.6 Å². The normalized spacial score (nSPS) is 31.2. The third-order valence-electron chi connectivity index (χ3n) is 6.20. The topological polar surface area (TPSA) is 112 Å². The number of aromatic amines is 1. The van der Waals surface area contributed by atoms with Gasteiger partial charge in [-0.1, -0.05) is 20.8 Å². The van der Waals surface area contributed by atoms with Crippen molar-refractivity contribution in [2.24, 2.45) is 0 Å². The van der Waals surface area contributed by atoms with Crippen molar-refractivity contribution < 1.29 is 23.7 Å². The fourth-order valence-corrected chi connectivity index (χ4v) is 5.54. The van der Waals surface area contributed by atoms with Crippen LogP contribution >= 0.6 is 22.6 Å². The van der Waals surface area contributed by atoms with Crippen molar-refractivity contribution in [2.75, 3.05) is 13.2 Å². The lowest BCUT2D eigenvalue weighted by molar-refractivity contribution is -0.244. The largest absolute Gasteiger partial charge is 0.412 e. The van der Waals surface area contributed by atoms with Gasteiger partial charge in [-0.05, 0) is 54.6 Å². The highest BCUT2D eigenvalue weighted by Gasteiger charge is 2.65. The van der Waals surface area contributed by atoms with E-state index in [0.29, 0.717) is 3.70 Å².